The summed E-state index contributed by atoms with van der Waals surface area (Å²) in [7, 11) is 3.75. The molecule has 1 aliphatic heterocycles. The molecule has 1 saturated heterocycles. The number of ether oxygens (including phenoxy) is 1. The zero-order valence-electron chi connectivity index (χ0n) is 21.0. The molecule has 1 amide bonds. The van der Waals surface area contributed by atoms with Crippen LogP contribution < -0.4 is 5.56 Å². The standard InChI is InChI=1S/C26H34N6O4/c1-29(13-14-36-2)16-19-3-7-21(8-4-19)32-23-22(15-28-32)25(34)31(18-27-23)17-26(35)9-11-30(12-10-26)24(33)20-5-6-20/h3-4,7-8,15,18,20,35H,5-6,9-14,16-17H2,1-2H3. The summed E-state index contributed by atoms with van der Waals surface area (Å²) in [6.45, 7) is 3.54. The first-order valence-corrected chi connectivity index (χ1v) is 12.6. The number of methoxy groups -OCH3 is 1. The molecule has 10 nitrogen and oxygen atoms in total. The fraction of sp³-hybridized carbons (Fsp3) is 0.538. The molecule has 0 atom stereocenters. The number of rotatable bonds is 9. The maximum absolute atomic E-state index is 13.2. The summed E-state index contributed by atoms with van der Waals surface area (Å²) in [5.41, 5.74) is 1.21. The van der Waals surface area contributed by atoms with Crippen molar-refractivity contribution >= 4 is 16.9 Å². The summed E-state index contributed by atoms with van der Waals surface area (Å²) in [6.07, 6.45) is 5.87. The lowest BCUT2D eigenvalue weighted by molar-refractivity contribution is -0.137. The minimum absolute atomic E-state index is 0.150. The molecule has 0 unspecified atom stereocenters. The lowest BCUT2D eigenvalue weighted by atomic mass is 9.91. The van der Waals surface area contributed by atoms with Gasteiger partial charge in [-0.3, -0.25) is 19.1 Å². The molecular formula is C26H34N6O4. The van der Waals surface area contributed by atoms with Crippen molar-refractivity contribution in [3.05, 3.63) is 52.7 Å². The molecule has 2 aromatic heterocycles. The van der Waals surface area contributed by atoms with E-state index in [1.807, 2.05) is 29.2 Å². The van der Waals surface area contributed by atoms with Crippen LogP contribution in [0.5, 0.6) is 0 Å². The van der Waals surface area contributed by atoms with Crippen molar-refractivity contribution in [1.82, 2.24) is 29.1 Å². The van der Waals surface area contributed by atoms with E-state index in [9.17, 15) is 14.7 Å². The molecular weight excluding hydrogens is 460 g/mol. The highest BCUT2D eigenvalue weighted by atomic mass is 16.5. The van der Waals surface area contributed by atoms with E-state index in [2.05, 4.69) is 22.0 Å². The number of hydrogen-bond donors (Lipinski definition) is 1. The Morgan fingerprint density at radius 2 is 1.94 bits per heavy atom. The molecule has 2 aliphatic rings. The minimum Gasteiger partial charge on any atom is -0.388 e. The topological polar surface area (TPSA) is 106 Å². The van der Waals surface area contributed by atoms with Gasteiger partial charge in [-0.2, -0.15) is 5.10 Å². The number of aromatic nitrogens is 4. The van der Waals surface area contributed by atoms with Crippen molar-refractivity contribution < 1.29 is 14.6 Å². The van der Waals surface area contributed by atoms with Crippen molar-refractivity contribution in [1.29, 1.82) is 0 Å². The summed E-state index contributed by atoms with van der Waals surface area (Å²) in [5.74, 6) is 0.385. The predicted molar refractivity (Wildman–Crippen MR) is 135 cm³/mol. The third-order valence-corrected chi connectivity index (χ3v) is 7.26. The maximum atomic E-state index is 13.2. The number of carbonyl (C=O) groups is 1. The van der Waals surface area contributed by atoms with E-state index in [1.54, 1.807) is 11.8 Å². The number of amides is 1. The molecule has 1 saturated carbocycles. The highest BCUT2D eigenvalue weighted by Gasteiger charge is 2.39. The van der Waals surface area contributed by atoms with Crippen molar-refractivity contribution in [2.75, 3.05) is 40.4 Å². The Kier molecular flexibility index (Phi) is 6.92. The van der Waals surface area contributed by atoms with Crippen LogP contribution in [0.2, 0.25) is 0 Å². The number of benzene rings is 1. The second-order valence-corrected chi connectivity index (χ2v) is 10.2. The first kappa shape index (κ1) is 24.6. The van der Waals surface area contributed by atoms with Gasteiger partial charge in [0.25, 0.3) is 5.56 Å². The average Bonchev–Trinajstić information content (AvgIpc) is 3.64. The van der Waals surface area contributed by atoms with Gasteiger partial charge in [0.2, 0.25) is 5.91 Å². The second kappa shape index (κ2) is 10.1. The summed E-state index contributed by atoms with van der Waals surface area (Å²) in [6, 6.07) is 8.03. The van der Waals surface area contributed by atoms with Crippen LogP contribution in [0.4, 0.5) is 0 Å². The number of hydrogen-bond acceptors (Lipinski definition) is 7. The predicted octanol–water partition coefficient (Wildman–Crippen LogP) is 1.42. The van der Waals surface area contributed by atoms with E-state index < -0.39 is 5.60 Å². The van der Waals surface area contributed by atoms with Gasteiger partial charge in [0.15, 0.2) is 5.65 Å². The van der Waals surface area contributed by atoms with E-state index in [-0.39, 0.29) is 23.9 Å². The molecule has 10 heteroatoms. The molecule has 1 aliphatic carbocycles. The van der Waals surface area contributed by atoms with Crippen LogP contribution >= 0.6 is 0 Å². The largest absolute Gasteiger partial charge is 0.388 e. The van der Waals surface area contributed by atoms with Gasteiger partial charge in [-0.05, 0) is 50.4 Å². The van der Waals surface area contributed by atoms with Gasteiger partial charge in [-0.15, -0.1) is 0 Å². The first-order valence-electron chi connectivity index (χ1n) is 12.6. The SMILES string of the molecule is COCCN(C)Cc1ccc(-n2ncc3c(=O)n(CC4(O)CCN(C(=O)C5CC5)CC4)cnc32)cc1. The Hall–Kier alpha value is -3.08. The monoisotopic (exact) mass is 494 g/mol. The molecule has 36 heavy (non-hydrogen) atoms. The van der Waals surface area contributed by atoms with Crippen LogP contribution in [-0.2, 0) is 22.6 Å². The normalized spacial score (nSPS) is 17.7. The van der Waals surface area contributed by atoms with Crippen molar-refractivity contribution in [2.24, 2.45) is 5.92 Å². The van der Waals surface area contributed by atoms with E-state index >= 15 is 0 Å². The number of carbonyl (C=O) groups excluding carboxylic acids is 1. The van der Waals surface area contributed by atoms with Crippen molar-refractivity contribution in [2.45, 2.75) is 44.4 Å². The molecule has 3 aromatic rings. The van der Waals surface area contributed by atoms with E-state index in [0.29, 0.717) is 43.6 Å². The molecule has 1 aromatic carbocycles. The van der Waals surface area contributed by atoms with E-state index in [0.717, 1.165) is 31.6 Å². The van der Waals surface area contributed by atoms with Gasteiger partial charge in [0.1, 0.15) is 11.7 Å². The number of nitrogens with zero attached hydrogens (tertiary/aromatic N) is 6. The highest BCUT2D eigenvalue weighted by molar-refractivity contribution is 5.81. The molecule has 1 N–H and O–H groups in total. The Morgan fingerprint density at radius 3 is 2.61 bits per heavy atom. The number of piperidine rings is 1. The van der Waals surface area contributed by atoms with Gasteiger partial charge in [-0.1, -0.05) is 12.1 Å². The quantitative estimate of drug-likeness (QED) is 0.480. The molecule has 2 fully saturated rings. The Labute approximate surface area is 210 Å². The van der Waals surface area contributed by atoms with Crippen LogP contribution in [0.25, 0.3) is 16.7 Å². The van der Waals surface area contributed by atoms with Gasteiger partial charge < -0.3 is 14.7 Å². The molecule has 3 heterocycles. The maximum Gasteiger partial charge on any atom is 0.264 e. The Bertz CT molecular complexity index is 1270. The highest BCUT2D eigenvalue weighted by Crippen LogP contribution is 2.33. The molecule has 0 spiro atoms. The molecule has 0 bridgehead atoms. The van der Waals surface area contributed by atoms with Gasteiger partial charge >= 0.3 is 0 Å². The van der Waals surface area contributed by atoms with Gasteiger partial charge in [0, 0.05) is 39.2 Å². The number of likely N-dealkylation sites (N-methyl/N-ethyl adjacent to an activating group) is 1. The fourth-order valence-electron chi connectivity index (χ4n) is 4.84. The van der Waals surface area contributed by atoms with Crippen LogP contribution in [0, 0.1) is 5.92 Å². The summed E-state index contributed by atoms with van der Waals surface area (Å²) < 4.78 is 8.26. The number of fused-ring (bicyclic) bond motifs is 1. The summed E-state index contributed by atoms with van der Waals surface area (Å²) in [5, 5.41) is 16.0. The van der Waals surface area contributed by atoms with Crippen LogP contribution in [0.3, 0.4) is 0 Å². The summed E-state index contributed by atoms with van der Waals surface area (Å²) >= 11 is 0. The molecule has 5 rings (SSSR count). The van der Waals surface area contributed by atoms with Crippen LogP contribution in [0.1, 0.15) is 31.2 Å². The van der Waals surface area contributed by atoms with Gasteiger partial charge in [0.05, 0.1) is 30.6 Å². The zero-order valence-corrected chi connectivity index (χ0v) is 21.0. The first-order chi connectivity index (χ1) is 17.4. The second-order valence-electron chi connectivity index (χ2n) is 10.2. The van der Waals surface area contributed by atoms with Crippen LogP contribution in [-0.4, -0.2) is 86.1 Å². The Morgan fingerprint density at radius 1 is 1.22 bits per heavy atom. The number of likely N-dealkylation sites (tertiary alicyclic amines) is 1. The van der Waals surface area contributed by atoms with Crippen molar-refractivity contribution in [3.8, 4) is 5.69 Å². The zero-order chi connectivity index (χ0) is 25.3. The minimum atomic E-state index is -1.04. The van der Waals surface area contributed by atoms with Crippen LogP contribution in [0.15, 0.2) is 41.6 Å². The van der Waals surface area contributed by atoms with E-state index in [1.165, 1.54) is 22.7 Å². The average molecular weight is 495 g/mol. The van der Waals surface area contributed by atoms with E-state index in [4.69, 9.17) is 4.74 Å². The lowest BCUT2D eigenvalue weighted by Gasteiger charge is -2.38. The molecule has 0 radical (unpaired) electrons. The fourth-order valence-corrected chi connectivity index (χ4v) is 4.84. The smallest absolute Gasteiger partial charge is 0.264 e. The summed E-state index contributed by atoms with van der Waals surface area (Å²) in [4.78, 5) is 34.1. The third-order valence-electron chi connectivity index (χ3n) is 7.26. The third kappa shape index (κ3) is 5.21. The van der Waals surface area contributed by atoms with Crippen molar-refractivity contribution in [3.63, 3.8) is 0 Å². The lowest BCUT2D eigenvalue weighted by Crippen LogP contribution is -2.50. The number of aliphatic hydroxyl groups is 1. The molecule has 192 valence electrons. The van der Waals surface area contributed by atoms with Gasteiger partial charge in [-0.25, -0.2) is 9.67 Å². The Balaban J connectivity index is 1.28.